The summed E-state index contributed by atoms with van der Waals surface area (Å²) in [7, 11) is -2.21. The Kier molecular flexibility index (Phi) is 5.67. The van der Waals surface area contributed by atoms with Gasteiger partial charge in [0.1, 0.15) is 0 Å². The highest BCUT2D eigenvalue weighted by atomic mass is 32.2. The molecule has 0 aromatic heterocycles. The quantitative estimate of drug-likeness (QED) is 0.730. The monoisotopic (exact) mass is 300 g/mol. The first-order valence-electron chi connectivity index (χ1n) is 6.28. The molecule has 0 radical (unpaired) electrons. The number of rotatable bonds is 6. The molecular formula is C13H20N2O4S. The average Bonchev–Trinajstić information content (AvgIpc) is 2.38. The number of aryl methyl sites for hydroxylation is 1. The van der Waals surface area contributed by atoms with Crippen LogP contribution < -0.4 is 10.0 Å². The molecule has 1 rings (SSSR count). The highest BCUT2D eigenvalue weighted by Gasteiger charge is 2.14. The second-order valence-corrected chi connectivity index (χ2v) is 6.51. The number of anilines is 1. The van der Waals surface area contributed by atoms with Gasteiger partial charge in [0.05, 0.1) is 11.0 Å². The normalized spacial score (nSPS) is 13.0. The van der Waals surface area contributed by atoms with Crippen LogP contribution in [0, 0.1) is 6.92 Å². The summed E-state index contributed by atoms with van der Waals surface area (Å²) < 4.78 is 25.6. The lowest BCUT2D eigenvalue weighted by atomic mass is 10.2. The van der Waals surface area contributed by atoms with Crippen molar-refractivity contribution in [3.8, 4) is 0 Å². The molecule has 0 spiro atoms. The smallest absolute Gasteiger partial charge is 0.240 e. The van der Waals surface area contributed by atoms with Crippen LogP contribution in [0.25, 0.3) is 0 Å². The molecule has 112 valence electrons. The van der Waals surface area contributed by atoms with Crippen LogP contribution in [-0.4, -0.2) is 32.6 Å². The summed E-state index contributed by atoms with van der Waals surface area (Å²) in [5.74, 6) is -0.256. The maximum absolute atomic E-state index is 11.7. The minimum atomic E-state index is -3.54. The summed E-state index contributed by atoms with van der Waals surface area (Å²) in [6.45, 7) is 3.39. The van der Waals surface area contributed by atoms with E-state index in [9.17, 15) is 13.2 Å². The van der Waals surface area contributed by atoms with Crippen molar-refractivity contribution in [1.82, 2.24) is 4.72 Å². The summed E-state index contributed by atoms with van der Waals surface area (Å²) in [5.41, 5.74) is 1.22. The Morgan fingerprint density at radius 2 is 2.05 bits per heavy atom. The molecule has 0 saturated carbocycles. The Morgan fingerprint density at radius 1 is 1.40 bits per heavy atom. The third-order valence-corrected chi connectivity index (χ3v) is 4.26. The number of benzene rings is 1. The van der Waals surface area contributed by atoms with E-state index in [1.54, 1.807) is 19.9 Å². The van der Waals surface area contributed by atoms with Crippen LogP contribution in [0.1, 0.15) is 25.3 Å². The van der Waals surface area contributed by atoms with Gasteiger partial charge in [-0.1, -0.05) is 6.07 Å². The minimum Gasteiger partial charge on any atom is -0.393 e. The van der Waals surface area contributed by atoms with Gasteiger partial charge in [0.25, 0.3) is 0 Å². The van der Waals surface area contributed by atoms with Crippen molar-refractivity contribution >= 4 is 21.6 Å². The van der Waals surface area contributed by atoms with Gasteiger partial charge in [-0.2, -0.15) is 0 Å². The Hall–Kier alpha value is -1.44. The molecule has 20 heavy (non-hydrogen) atoms. The number of amides is 1. The summed E-state index contributed by atoms with van der Waals surface area (Å²) in [6, 6.07) is 4.53. The second-order valence-electron chi connectivity index (χ2n) is 4.62. The first-order chi connectivity index (χ1) is 9.26. The van der Waals surface area contributed by atoms with E-state index >= 15 is 0 Å². The molecule has 1 aromatic carbocycles. The van der Waals surface area contributed by atoms with Crippen LogP contribution in [0.5, 0.6) is 0 Å². The number of aliphatic hydroxyl groups is 1. The van der Waals surface area contributed by atoms with Crippen LogP contribution in [0.2, 0.25) is 0 Å². The third kappa shape index (κ3) is 4.59. The topological polar surface area (TPSA) is 95.5 Å². The Morgan fingerprint density at radius 3 is 2.60 bits per heavy atom. The summed E-state index contributed by atoms with van der Waals surface area (Å²) in [6.07, 6.45) is -0.00249. The molecule has 0 aliphatic carbocycles. The first-order valence-corrected chi connectivity index (χ1v) is 7.76. The highest BCUT2D eigenvalue weighted by Crippen LogP contribution is 2.20. The van der Waals surface area contributed by atoms with E-state index in [2.05, 4.69) is 10.0 Å². The van der Waals surface area contributed by atoms with Crippen LogP contribution in [-0.2, 0) is 14.8 Å². The van der Waals surface area contributed by atoms with Crippen LogP contribution in [0.3, 0.4) is 0 Å². The fraction of sp³-hybridized carbons (Fsp3) is 0.462. The summed E-state index contributed by atoms with van der Waals surface area (Å²) in [5, 5.41) is 11.8. The summed E-state index contributed by atoms with van der Waals surface area (Å²) >= 11 is 0. The van der Waals surface area contributed by atoms with Gasteiger partial charge >= 0.3 is 0 Å². The molecule has 1 aromatic rings. The zero-order valence-corrected chi connectivity index (χ0v) is 12.6. The van der Waals surface area contributed by atoms with Gasteiger partial charge in [0.15, 0.2) is 0 Å². The van der Waals surface area contributed by atoms with Gasteiger partial charge in [-0.25, -0.2) is 13.1 Å². The largest absolute Gasteiger partial charge is 0.393 e. The van der Waals surface area contributed by atoms with Crippen molar-refractivity contribution in [3.63, 3.8) is 0 Å². The molecule has 0 bridgehead atoms. The molecule has 1 unspecified atom stereocenters. The minimum absolute atomic E-state index is 0.0939. The van der Waals surface area contributed by atoms with E-state index in [-0.39, 0.29) is 17.2 Å². The molecule has 0 saturated heterocycles. The van der Waals surface area contributed by atoms with E-state index in [1.165, 1.54) is 19.2 Å². The third-order valence-electron chi connectivity index (χ3n) is 2.85. The fourth-order valence-corrected chi connectivity index (χ4v) is 2.33. The van der Waals surface area contributed by atoms with Crippen molar-refractivity contribution in [2.45, 2.75) is 37.7 Å². The standard InChI is InChI=1S/C13H20N2O4S/c1-9-4-6-11(20(18,19)14-3)8-12(9)15-13(17)7-5-10(2)16/h4,6,8,10,14,16H,5,7H2,1-3H3,(H,15,17). The number of carbonyl (C=O) groups is 1. The van der Waals surface area contributed by atoms with E-state index in [0.29, 0.717) is 12.1 Å². The number of nitrogens with one attached hydrogen (secondary N) is 2. The molecule has 0 aliphatic rings. The number of sulfonamides is 1. The average molecular weight is 300 g/mol. The molecule has 3 N–H and O–H groups in total. The van der Waals surface area contributed by atoms with Gasteiger partial charge in [-0.15, -0.1) is 0 Å². The van der Waals surface area contributed by atoms with Crippen molar-refractivity contribution < 1.29 is 18.3 Å². The number of carbonyl (C=O) groups excluding carboxylic acids is 1. The maximum Gasteiger partial charge on any atom is 0.240 e. The molecule has 6 nitrogen and oxygen atoms in total. The molecule has 1 atom stereocenters. The first kappa shape index (κ1) is 16.6. The van der Waals surface area contributed by atoms with Crippen molar-refractivity contribution in [2.75, 3.05) is 12.4 Å². The van der Waals surface area contributed by atoms with Crippen molar-refractivity contribution in [2.24, 2.45) is 0 Å². The Bertz CT molecular complexity index is 582. The molecule has 0 fully saturated rings. The fourth-order valence-electron chi connectivity index (χ4n) is 1.57. The van der Waals surface area contributed by atoms with Gasteiger partial charge < -0.3 is 10.4 Å². The van der Waals surface area contributed by atoms with E-state index < -0.39 is 16.1 Å². The zero-order valence-electron chi connectivity index (χ0n) is 11.8. The molecule has 0 aliphatic heterocycles. The van der Waals surface area contributed by atoms with Crippen molar-refractivity contribution in [1.29, 1.82) is 0 Å². The lowest BCUT2D eigenvalue weighted by Crippen LogP contribution is -2.19. The van der Waals surface area contributed by atoms with Gasteiger partial charge in [-0.3, -0.25) is 4.79 Å². The van der Waals surface area contributed by atoms with Crippen LogP contribution in [0.4, 0.5) is 5.69 Å². The van der Waals surface area contributed by atoms with Gasteiger partial charge in [-0.05, 0) is 45.0 Å². The maximum atomic E-state index is 11.7. The number of hydrogen-bond acceptors (Lipinski definition) is 4. The zero-order chi connectivity index (χ0) is 15.3. The molecular weight excluding hydrogens is 280 g/mol. The lowest BCUT2D eigenvalue weighted by molar-refractivity contribution is -0.116. The Balaban J connectivity index is 2.90. The molecule has 0 heterocycles. The predicted octanol–water partition coefficient (Wildman–Crippen LogP) is 1.00. The van der Waals surface area contributed by atoms with Gasteiger partial charge in [0, 0.05) is 12.1 Å². The predicted molar refractivity (Wildman–Crippen MR) is 77.0 cm³/mol. The molecule has 1 amide bonds. The van der Waals surface area contributed by atoms with Crippen molar-refractivity contribution in [3.05, 3.63) is 23.8 Å². The summed E-state index contributed by atoms with van der Waals surface area (Å²) in [4.78, 5) is 11.8. The highest BCUT2D eigenvalue weighted by molar-refractivity contribution is 7.89. The van der Waals surface area contributed by atoms with E-state index in [0.717, 1.165) is 5.56 Å². The van der Waals surface area contributed by atoms with Crippen LogP contribution >= 0.6 is 0 Å². The van der Waals surface area contributed by atoms with E-state index in [4.69, 9.17) is 5.11 Å². The van der Waals surface area contributed by atoms with Crippen LogP contribution in [0.15, 0.2) is 23.1 Å². The van der Waals surface area contributed by atoms with E-state index in [1.807, 2.05) is 0 Å². The SMILES string of the molecule is CNS(=O)(=O)c1ccc(C)c(NC(=O)CCC(C)O)c1. The number of aliphatic hydroxyl groups excluding tert-OH is 1. The lowest BCUT2D eigenvalue weighted by Gasteiger charge is -2.11. The number of hydrogen-bond donors (Lipinski definition) is 3. The van der Waals surface area contributed by atoms with Gasteiger partial charge in [0.2, 0.25) is 15.9 Å². The second kappa shape index (κ2) is 6.83. The molecule has 7 heteroatoms. The Labute approximate surface area is 119 Å².